The summed E-state index contributed by atoms with van der Waals surface area (Å²) >= 11 is 13.7. The number of nitrogens with one attached hydrogen (secondary N) is 1. The minimum atomic E-state index is -0.902. The fourth-order valence-corrected chi connectivity index (χ4v) is 4.44. The first-order valence-electron chi connectivity index (χ1n) is 10.1. The number of halogens is 2. The van der Waals surface area contributed by atoms with Crippen LogP contribution in [-0.2, 0) is 16.0 Å². The first kappa shape index (κ1) is 24.7. The van der Waals surface area contributed by atoms with E-state index in [1.165, 1.54) is 16.2 Å². The van der Waals surface area contributed by atoms with Crippen molar-refractivity contribution in [2.45, 2.75) is 12.5 Å². The lowest BCUT2D eigenvalue weighted by atomic mass is 10.1. The quantitative estimate of drug-likeness (QED) is 0.311. The molecule has 0 radical (unpaired) electrons. The molecule has 0 bridgehead atoms. The number of benzene rings is 2. The van der Waals surface area contributed by atoms with E-state index in [4.69, 9.17) is 34.4 Å². The topological polar surface area (TPSA) is 58.6 Å². The number of ether oxygens (including phenoxy) is 1. The van der Waals surface area contributed by atoms with Gasteiger partial charge in [-0.2, -0.15) is 0 Å². The average Bonchev–Trinajstić information content (AvgIpc) is 3.36. The van der Waals surface area contributed by atoms with Crippen LogP contribution in [0.5, 0.6) is 5.75 Å². The minimum Gasteiger partial charge on any atom is -0.479 e. The first-order chi connectivity index (χ1) is 16.0. The number of carbonyl (C=O) groups is 2. The Labute approximate surface area is 207 Å². The maximum Gasteiger partial charge on any atom is 0.248 e. The summed E-state index contributed by atoms with van der Waals surface area (Å²) < 4.78 is 5.41. The zero-order valence-electron chi connectivity index (χ0n) is 17.7. The van der Waals surface area contributed by atoms with E-state index < -0.39 is 11.9 Å². The van der Waals surface area contributed by atoms with E-state index in [0.717, 1.165) is 5.56 Å². The fourth-order valence-electron chi connectivity index (χ4n) is 3.27. The van der Waals surface area contributed by atoms with Gasteiger partial charge in [-0.1, -0.05) is 53.9 Å². The van der Waals surface area contributed by atoms with Crippen LogP contribution < -0.4 is 15.0 Å². The molecule has 1 heterocycles. The summed E-state index contributed by atoms with van der Waals surface area (Å²) in [5.74, 6) is 1.72. The molecule has 2 amide bonds. The number of anilines is 1. The highest BCUT2D eigenvalue weighted by Crippen LogP contribution is 2.35. The van der Waals surface area contributed by atoms with E-state index in [1.54, 1.807) is 18.2 Å². The summed E-state index contributed by atoms with van der Waals surface area (Å²) in [6.07, 6.45) is 5.90. The molecule has 5 nitrogen and oxygen atoms in total. The van der Waals surface area contributed by atoms with Crippen LogP contribution in [0.3, 0.4) is 0 Å². The van der Waals surface area contributed by atoms with E-state index in [2.05, 4.69) is 11.2 Å². The van der Waals surface area contributed by atoms with E-state index in [9.17, 15) is 9.59 Å². The predicted molar refractivity (Wildman–Crippen MR) is 134 cm³/mol. The summed E-state index contributed by atoms with van der Waals surface area (Å²) in [7, 11) is 0. The van der Waals surface area contributed by atoms with Crippen molar-refractivity contribution in [3.05, 3.63) is 81.5 Å². The Bertz CT molecular complexity index is 1110. The minimum absolute atomic E-state index is 0.0605. The molecule has 0 spiro atoms. The normalized spacial score (nSPS) is 11.3. The highest BCUT2D eigenvalue weighted by molar-refractivity contribution is 7.10. The van der Waals surface area contributed by atoms with Gasteiger partial charge >= 0.3 is 0 Å². The summed E-state index contributed by atoms with van der Waals surface area (Å²) in [5.41, 5.74) is 1.53. The maximum atomic E-state index is 13.3. The van der Waals surface area contributed by atoms with Crippen molar-refractivity contribution < 1.29 is 14.3 Å². The van der Waals surface area contributed by atoms with Crippen molar-refractivity contribution in [3.63, 3.8) is 0 Å². The third-order valence-corrected chi connectivity index (χ3v) is 6.21. The van der Waals surface area contributed by atoms with Crippen molar-refractivity contribution in [3.8, 4) is 18.1 Å². The van der Waals surface area contributed by atoms with E-state index in [0.29, 0.717) is 29.3 Å². The number of nitrogens with zero attached hydrogens (tertiary/aromatic N) is 1. The highest BCUT2D eigenvalue weighted by Gasteiger charge is 2.33. The fraction of sp³-hybridized carbons (Fsp3) is 0.200. The highest BCUT2D eigenvalue weighted by atomic mass is 35.5. The predicted octanol–water partition coefficient (Wildman–Crippen LogP) is 5.09. The molecule has 1 aromatic heterocycles. The Kier molecular flexibility index (Phi) is 9.20. The van der Waals surface area contributed by atoms with Gasteiger partial charge in [-0.15, -0.1) is 29.4 Å². The molecule has 0 aliphatic heterocycles. The van der Waals surface area contributed by atoms with Crippen LogP contribution in [-0.4, -0.2) is 30.8 Å². The van der Waals surface area contributed by atoms with Gasteiger partial charge in [-0.05, 0) is 41.6 Å². The Hall–Kier alpha value is -2.98. The van der Waals surface area contributed by atoms with Crippen LogP contribution >= 0.6 is 34.5 Å². The molecule has 0 aliphatic rings. The van der Waals surface area contributed by atoms with Gasteiger partial charge in [0.2, 0.25) is 11.8 Å². The lowest BCUT2D eigenvalue weighted by Gasteiger charge is -2.30. The number of alkyl halides is 1. The molecule has 1 atom stereocenters. The number of hydrogen-bond donors (Lipinski definition) is 1. The lowest BCUT2D eigenvalue weighted by Crippen LogP contribution is -2.44. The van der Waals surface area contributed by atoms with Crippen LogP contribution in [0, 0.1) is 12.3 Å². The third kappa shape index (κ3) is 6.52. The molecule has 0 saturated heterocycles. The van der Waals surface area contributed by atoms with Crippen LogP contribution in [0.2, 0.25) is 5.02 Å². The molecule has 1 N–H and O–H groups in total. The Balaban J connectivity index is 1.88. The molecular weight excluding hydrogens is 479 g/mol. The van der Waals surface area contributed by atoms with Gasteiger partial charge in [0, 0.05) is 17.1 Å². The molecule has 8 heteroatoms. The number of carbonyl (C=O) groups excluding carboxylic acids is 2. The summed E-state index contributed by atoms with van der Waals surface area (Å²) in [4.78, 5) is 28.3. The van der Waals surface area contributed by atoms with E-state index in [1.807, 2.05) is 47.8 Å². The second kappa shape index (κ2) is 12.3. The van der Waals surface area contributed by atoms with E-state index >= 15 is 0 Å². The number of rotatable bonds is 10. The van der Waals surface area contributed by atoms with Crippen molar-refractivity contribution >= 4 is 52.0 Å². The number of hydrogen-bond acceptors (Lipinski definition) is 4. The second-order valence-electron chi connectivity index (χ2n) is 6.95. The van der Waals surface area contributed by atoms with Crippen LogP contribution in [0.1, 0.15) is 16.5 Å². The van der Waals surface area contributed by atoms with Gasteiger partial charge in [0.15, 0.2) is 0 Å². The third-order valence-electron chi connectivity index (χ3n) is 4.76. The lowest BCUT2D eigenvalue weighted by molar-refractivity contribution is -0.125. The molecule has 0 fully saturated rings. The van der Waals surface area contributed by atoms with Crippen LogP contribution in [0.15, 0.2) is 66.0 Å². The molecule has 0 aliphatic carbocycles. The number of amides is 2. The summed E-state index contributed by atoms with van der Waals surface area (Å²) in [6.45, 7) is 0.484. The van der Waals surface area contributed by atoms with Gasteiger partial charge in [-0.25, -0.2) is 0 Å². The SMILES string of the molecule is C#CCOc1ccc(N(C(=O)CCl)C(C(=O)NCCc2ccccc2)c2cccs2)cc1Cl. The maximum absolute atomic E-state index is 13.3. The first-order valence-corrected chi connectivity index (χ1v) is 11.9. The van der Waals surface area contributed by atoms with Crippen molar-refractivity contribution in [2.24, 2.45) is 0 Å². The van der Waals surface area contributed by atoms with Gasteiger partial charge in [0.25, 0.3) is 0 Å². The smallest absolute Gasteiger partial charge is 0.248 e. The number of thiophene rings is 1. The second-order valence-corrected chi connectivity index (χ2v) is 8.60. The number of terminal acetylenes is 1. The molecule has 1 unspecified atom stereocenters. The molecule has 3 aromatic rings. The molecular formula is C25H22Cl2N2O3S. The zero-order chi connectivity index (χ0) is 23.6. The van der Waals surface area contributed by atoms with E-state index in [-0.39, 0.29) is 23.4 Å². The van der Waals surface area contributed by atoms with Gasteiger partial charge in [0.1, 0.15) is 24.3 Å². The monoisotopic (exact) mass is 500 g/mol. The van der Waals surface area contributed by atoms with Crippen LogP contribution in [0.4, 0.5) is 5.69 Å². The largest absolute Gasteiger partial charge is 0.479 e. The summed E-state index contributed by atoms with van der Waals surface area (Å²) in [6, 6.07) is 17.4. The molecule has 2 aromatic carbocycles. The molecule has 170 valence electrons. The molecule has 3 rings (SSSR count). The summed E-state index contributed by atoms with van der Waals surface area (Å²) in [5, 5.41) is 5.08. The molecule has 0 saturated carbocycles. The zero-order valence-corrected chi connectivity index (χ0v) is 20.0. The van der Waals surface area contributed by atoms with Gasteiger partial charge in [0.05, 0.1) is 5.02 Å². The Morgan fingerprint density at radius 3 is 2.58 bits per heavy atom. The van der Waals surface area contributed by atoms with Crippen LogP contribution in [0.25, 0.3) is 0 Å². The van der Waals surface area contributed by atoms with Gasteiger partial charge < -0.3 is 10.1 Å². The van der Waals surface area contributed by atoms with Crippen molar-refractivity contribution in [2.75, 3.05) is 23.9 Å². The standard InChI is InChI=1S/C25H22Cl2N2O3S/c1-2-14-32-21-11-10-19(16-20(21)27)29(23(30)17-26)24(22-9-6-15-33-22)25(31)28-13-12-18-7-4-3-5-8-18/h1,3-11,15-16,24H,12-14,17H2,(H,28,31). The van der Waals surface area contributed by atoms with Crippen molar-refractivity contribution in [1.82, 2.24) is 5.32 Å². The van der Waals surface area contributed by atoms with Crippen molar-refractivity contribution in [1.29, 1.82) is 0 Å². The molecule has 33 heavy (non-hydrogen) atoms. The van der Waals surface area contributed by atoms with Gasteiger partial charge in [-0.3, -0.25) is 14.5 Å². The Morgan fingerprint density at radius 2 is 1.94 bits per heavy atom. The Morgan fingerprint density at radius 1 is 1.15 bits per heavy atom. The average molecular weight is 501 g/mol.